The monoisotopic (exact) mass is 309 g/mol. The van der Waals surface area contributed by atoms with Gasteiger partial charge in [-0.15, -0.1) is 0 Å². The van der Waals surface area contributed by atoms with Crippen molar-refractivity contribution in [1.29, 1.82) is 0 Å². The minimum Gasteiger partial charge on any atom is -0.385 e. The molecule has 1 N–H and O–H groups in total. The summed E-state index contributed by atoms with van der Waals surface area (Å²) in [6.45, 7) is 10.1. The van der Waals surface area contributed by atoms with Gasteiger partial charge in [0, 0.05) is 54.5 Å². The molecule has 6 heteroatoms. The van der Waals surface area contributed by atoms with Gasteiger partial charge in [-0.2, -0.15) is 11.8 Å². The van der Waals surface area contributed by atoms with E-state index in [9.17, 15) is 10.1 Å². The molecule has 116 valence electrons. The molecule has 5 nitrogen and oxygen atoms in total. The Morgan fingerprint density at radius 1 is 1.48 bits per heavy atom. The Morgan fingerprint density at radius 2 is 2.24 bits per heavy atom. The molecule has 0 aromatic heterocycles. The summed E-state index contributed by atoms with van der Waals surface area (Å²) < 4.78 is 0.247. The molecule has 0 bridgehead atoms. The quantitative estimate of drug-likeness (QED) is 0.667. The molecule has 0 amide bonds. The van der Waals surface area contributed by atoms with Crippen LogP contribution in [0.5, 0.6) is 0 Å². The lowest BCUT2D eigenvalue weighted by Crippen LogP contribution is -2.42. The molecule has 1 aliphatic heterocycles. The number of rotatable bonds is 5. The Balaban J connectivity index is 2.20. The first-order valence-electron chi connectivity index (χ1n) is 7.29. The van der Waals surface area contributed by atoms with E-state index in [1.807, 2.05) is 24.8 Å². The standard InChI is InChI=1S/C15H23N3O2S/c1-4-16-14-6-5-13(18(19)20)9-12(14)10-17-7-8-21-15(2,3)11-17/h5-6,9,16H,4,7-8,10-11H2,1-3H3. The summed E-state index contributed by atoms with van der Waals surface area (Å²) in [4.78, 5) is 13.0. The zero-order valence-electron chi connectivity index (χ0n) is 12.9. The Bertz CT molecular complexity index is 520. The van der Waals surface area contributed by atoms with Gasteiger partial charge in [-0.3, -0.25) is 15.0 Å². The van der Waals surface area contributed by atoms with Crippen molar-refractivity contribution >= 4 is 23.1 Å². The number of nitro groups is 1. The van der Waals surface area contributed by atoms with Gasteiger partial charge in [0.25, 0.3) is 5.69 Å². The van der Waals surface area contributed by atoms with Gasteiger partial charge in [-0.25, -0.2) is 0 Å². The maximum Gasteiger partial charge on any atom is 0.269 e. The van der Waals surface area contributed by atoms with Crippen molar-refractivity contribution in [1.82, 2.24) is 4.90 Å². The first-order chi connectivity index (χ1) is 9.91. The molecule has 1 aromatic carbocycles. The lowest BCUT2D eigenvalue weighted by Gasteiger charge is -2.37. The molecule has 0 radical (unpaired) electrons. The fourth-order valence-corrected chi connectivity index (χ4v) is 3.85. The van der Waals surface area contributed by atoms with E-state index in [1.165, 1.54) is 0 Å². The van der Waals surface area contributed by atoms with Gasteiger partial charge in [0.2, 0.25) is 0 Å². The summed E-state index contributed by atoms with van der Waals surface area (Å²) in [7, 11) is 0. The number of non-ortho nitro benzene ring substituents is 1. The fraction of sp³-hybridized carbons (Fsp3) is 0.600. The van der Waals surface area contributed by atoms with Gasteiger partial charge < -0.3 is 5.32 Å². The number of hydrogen-bond acceptors (Lipinski definition) is 5. The number of benzene rings is 1. The number of anilines is 1. The highest BCUT2D eigenvalue weighted by molar-refractivity contribution is 8.00. The van der Waals surface area contributed by atoms with Crippen LogP contribution in [-0.2, 0) is 6.54 Å². The van der Waals surface area contributed by atoms with Crippen molar-refractivity contribution in [3.63, 3.8) is 0 Å². The predicted octanol–water partition coefficient (Wildman–Crippen LogP) is 3.35. The van der Waals surface area contributed by atoms with Gasteiger partial charge in [-0.1, -0.05) is 0 Å². The average molecular weight is 309 g/mol. The number of nitro benzene ring substituents is 1. The maximum absolute atomic E-state index is 11.0. The number of hydrogen-bond donors (Lipinski definition) is 1. The van der Waals surface area contributed by atoms with Gasteiger partial charge in [-0.05, 0) is 32.4 Å². The van der Waals surface area contributed by atoms with Crippen LogP contribution in [0.25, 0.3) is 0 Å². The highest BCUT2D eigenvalue weighted by Crippen LogP contribution is 2.31. The molecular formula is C15H23N3O2S. The van der Waals surface area contributed by atoms with E-state index in [0.717, 1.165) is 43.2 Å². The third-order valence-electron chi connectivity index (χ3n) is 3.57. The molecule has 0 atom stereocenters. The summed E-state index contributed by atoms with van der Waals surface area (Å²) in [5.41, 5.74) is 2.17. The van der Waals surface area contributed by atoms with Gasteiger partial charge in [0.15, 0.2) is 0 Å². The first kappa shape index (κ1) is 16.1. The van der Waals surface area contributed by atoms with Crippen molar-refractivity contribution in [2.45, 2.75) is 32.1 Å². The molecule has 0 unspecified atom stereocenters. The minimum absolute atomic E-state index is 0.164. The molecule has 0 spiro atoms. The number of thioether (sulfide) groups is 1. The van der Waals surface area contributed by atoms with E-state index in [1.54, 1.807) is 12.1 Å². The van der Waals surface area contributed by atoms with E-state index in [4.69, 9.17) is 0 Å². The fourth-order valence-electron chi connectivity index (χ4n) is 2.68. The summed E-state index contributed by atoms with van der Waals surface area (Å²) >= 11 is 1.99. The van der Waals surface area contributed by atoms with E-state index in [0.29, 0.717) is 0 Å². The summed E-state index contributed by atoms with van der Waals surface area (Å²) in [5.74, 6) is 1.11. The van der Waals surface area contributed by atoms with E-state index in [2.05, 4.69) is 24.1 Å². The molecule has 1 aliphatic rings. The van der Waals surface area contributed by atoms with E-state index in [-0.39, 0.29) is 15.4 Å². The average Bonchev–Trinajstić information content (AvgIpc) is 2.39. The Hall–Kier alpha value is -1.27. The Labute approximate surface area is 130 Å². The van der Waals surface area contributed by atoms with Gasteiger partial charge >= 0.3 is 0 Å². The highest BCUT2D eigenvalue weighted by atomic mass is 32.2. The number of nitrogens with one attached hydrogen (secondary N) is 1. The van der Waals surface area contributed by atoms with Crippen LogP contribution in [0.3, 0.4) is 0 Å². The van der Waals surface area contributed by atoms with E-state index >= 15 is 0 Å². The van der Waals surface area contributed by atoms with Crippen molar-refractivity contribution in [3.05, 3.63) is 33.9 Å². The maximum atomic E-state index is 11.0. The van der Waals surface area contributed by atoms with Crippen molar-refractivity contribution in [2.24, 2.45) is 0 Å². The van der Waals surface area contributed by atoms with Crippen LogP contribution in [0, 0.1) is 10.1 Å². The van der Waals surface area contributed by atoms with Crippen LogP contribution >= 0.6 is 11.8 Å². The summed E-state index contributed by atoms with van der Waals surface area (Å²) in [6, 6.07) is 5.09. The first-order valence-corrected chi connectivity index (χ1v) is 8.27. The van der Waals surface area contributed by atoms with Crippen molar-refractivity contribution < 1.29 is 4.92 Å². The van der Waals surface area contributed by atoms with Gasteiger partial charge in [0.1, 0.15) is 0 Å². The molecule has 0 saturated carbocycles. The van der Waals surface area contributed by atoms with E-state index < -0.39 is 0 Å². The van der Waals surface area contributed by atoms with Crippen LogP contribution in [0.4, 0.5) is 11.4 Å². The lowest BCUT2D eigenvalue weighted by atomic mass is 10.1. The van der Waals surface area contributed by atoms with Crippen molar-refractivity contribution in [2.75, 3.05) is 30.7 Å². The smallest absolute Gasteiger partial charge is 0.269 e. The second kappa shape index (κ2) is 6.66. The topological polar surface area (TPSA) is 58.4 Å². The molecule has 1 heterocycles. The molecule has 1 fully saturated rings. The molecular weight excluding hydrogens is 286 g/mol. The third-order valence-corrected chi connectivity index (χ3v) is 4.86. The Morgan fingerprint density at radius 3 is 2.86 bits per heavy atom. The minimum atomic E-state index is -0.324. The summed E-state index contributed by atoms with van der Waals surface area (Å²) in [6.07, 6.45) is 0. The van der Waals surface area contributed by atoms with Crippen LogP contribution in [0.2, 0.25) is 0 Å². The predicted molar refractivity (Wildman–Crippen MR) is 89.1 cm³/mol. The second-order valence-electron chi connectivity index (χ2n) is 5.95. The van der Waals surface area contributed by atoms with Crippen LogP contribution < -0.4 is 5.32 Å². The van der Waals surface area contributed by atoms with Crippen LogP contribution in [-0.4, -0.2) is 40.0 Å². The zero-order valence-corrected chi connectivity index (χ0v) is 13.7. The largest absolute Gasteiger partial charge is 0.385 e. The van der Waals surface area contributed by atoms with Crippen LogP contribution in [0.15, 0.2) is 18.2 Å². The number of nitrogens with zero attached hydrogens (tertiary/aromatic N) is 2. The summed E-state index contributed by atoms with van der Waals surface area (Å²) in [5, 5.41) is 14.3. The Kier molecular flexibility index (Phi) is 5.11. The lowest BCUT2D eigenvalue weighted by molar-refractivity contribution is -0.384. The second-order valence-corrected chi connectivity index (χ2v) is 7.75. The molecule has 21 heavy (non-hydrogen) atoms. The molecule has 1 saturated heterocycles. The highest BCUT2D eigenvalue weighted by Gasteiger charge is 2.27. The van der Waals surface area contributed by atoms with Gasteiger partial charge in [0.05, 0.1) is 4.92 Å². The molecule has 1 aromatic rings. The SMILES string of the molecule is CCNc1ccc([N+](=O)[O-])cc1CN1CCSC(C)(C)C1. The van der Waals surface area contributed by atoms with Crippen LogP contribution in [0.1, 0.15) is 26.3 Å². The third kappa shape index (κ3) is 4.35. The molecule has 0 aliphatic carbocycles. The zero-order chi connectivity index (χ0) is 15.5. The van der Waals surface area contributed by atoms with Crippen molar-refractivity contribution in [3.8, 4) is 0 Å². The molecule has 2 rings (SSSR count). The normalized spacial score (nSPS) is 18.4.